The molecule has 31 heavy (non-hydrogen) atoms. The fraction of sp³-hybridized carbons (Fsp3) is 0.316. The normalized spacial score (nSPS) is 20.2. The minimum absolute atomic E-state index is 0.0157. The summed E-state index contributed by atoms with van der Waals surface area (Å²) in [5.41, 5.74) is 0.0876. The topological polar surface area (TPSA) is 150 Å². The van der Waals surface area contributed by atoms with Crippen molar-refractivity contribution in [3.8, 4) is 11.5 Å². The number of aliphatic hydroxyl groups is 1. The second-order valence-corrected chi connectivity index (χ2v) is 11.0. The number of phenols is 1. The molecule has 3 rings (SSSR count). The van der Waals surface area contributed by atoms with Crippen LogP contribution in [0.15, 0.2) is 47.4 Å². The second kappa shape index (κ2) is 8.36. The molecule has 0 aliphatic carbocycles. The molecule has 2 atom stereocenters. The summed E-state index contributed by atoms with van der Waals surface area (Å²) in [7, 11) is -6.76. The predicted molar refractivity (Wildman–Crippen MR) is 114 cm³/mol. The third kappa shape index (κ3) is 4.75. The van der Waals surface area contributed by atoms with Gasteiger partial charge in [-0.05, 0) is 30.3 Å². The molecule has 0 radical (unpaired) electrons. The smallest absolute Gasteiger partial charge is 0.264 e. The Morgan fingerprint density at radius 1 is 1.19 bits per heavy atom. The Hall–Kier alpha value is -2.83. The Balaban J connectivity index is 2.18. The van der Waals surface area contributed by atoms with Crippen LogP contribution in [0, 0.1) is 0 Å². The van der Waals surface area contributed by atoms with Crippen molar-refractivity contribution in [3.63, 3.8) is 0 Å². The molecule has 0 aromatic heterocycles. The lowest BCUT2D eigenvalue weighted by atomic mass is 10.2. The molecule has 1 amide bonds. The summed E-state index contributed by atoms with van der Waals surface area (Å²) in [6.45, 7) is 1.25. The van der Waals surface area contributed by atoms with Crippen LogP contribution in [0.1, 0.15) is 6.92 Å². The van der Waals surface area contributed by atoms with Gasteiger partial charge in [-0.15, -0.1) is 0 Å². The van der Waals surface area contributed by atoms with Crippen LogP contribution in [-0.2, 0) is 24.7 Å². The minimum atomic E-state index is -4.43. The van der Waals surface area contributed by atoms with Crippen LogP contribution in [0.3, 0.4) is 0 Å². The van der Waals surface area contributed by atoms with E-state index in [1.54, 1.807) is 0 Å². The number of aromatic hydroxyl groups is 1. The minimum Gasteiger partial charge on any atom is -0.508 e. The fourth-order valence-electron chi connectivity index (χ4n) is 3.42. The van der Waals surface area contributed by atoms with Gasteiger partial charge in [-0.3, -0.25) is 9.10 Å². The average molecular weight is 471 g/mol. The first-order valence-corrected chi connectivity index (χ1v) is 12.4. The predicted octanol–water partition coefficient (Wildman–Crippen LogP) is 0.712. The van der Waals surface area contributed by atoms with Gasteiger partial charge >= 0.3 is 0 Å². The maximum atomic E-state index is 13.6. The van der Waals surface area contributed by atoms with E-state index in [0.717, 1.165) is 10.4 Å². The number of hydrogen-bond donors (Lipinski definition) is 3. The number of amides is 1. The first-order valence-electron chi connectivity index (χ1n) is 9.12. The lowest BCUT2D eigenvalue weighted by Gasteiger charge is -2.31. The Morgan fingerprint density at radius 3 is 2.45 bits per heavy atom. The van der Waals surface area contributed by atoms with E-state index in [-0.39, 0.29) is 27.8 Å². The molecule has 1 heterocycles. The first-order chi connectivity index (χ1) is 14.4. The van der Waals surface area contributed by atoms with Gasteiger partial charge < -0.3 is 20.3 Å². The fourth-order valence-corrected chi connectivity index (χ4v) is 6.98. The number of carbonyl (C=O) groups is 1. The molecule has 10 nitrogen and oxygen atoms in total. The number of ether oxygens (including phenoxy) is 1. The highest BCUT2D eigenvalue weighted by atomic mass is 32.2. The molecule has 0 unspecified atom stereocenters. The summed E-state index contributed by atoms with van der Waals surface area (Å²) in [5, 5.41) is 22.7. The first kappa shape index (κ1) is 22.8. The molecule has 3 N–H and O–H groups in total. The highest BCUT2D eigenvalue weighted by Crippen LogP contribution is 2.35. The van der Waals surface area contributed by atoms with E-state index in [1.807, 2.05) is 0 Å². The molecular weight excluding hydrogens is 448 g/mol. The second-order valence-electron chi connectivity index (χ2n) is 7.08. The van der Waals surface area contributed by atoms with E-state index in [9.17, 15) is 31.8 Å². The number of carbonyl (C=O) groups excluding carboxylic acids is 1. The lowest BCUT2D eigenvalue weighted by molar-refractivity contribution is -0.114. The summed E-state index contributed by atoms with van der Waals surface area (Å²) in [6, 6.07) is 7.74. The number of hydrogen-bond acceptors (Lipinski definition) is 8. The zero-order valence-corrected chi connectivity index (χ0v) is 18.4. The summed E-state index contributed by atoms with van der Waals surface area (Å²) in [4.78, 5) is 11.2. The number of nitrogens with one attached hydrogen (secondary N) is 1. The quantitative estimate of drug-likeness (QED) is 0.559. The third-order valence-corrected chi connectivity index (χ3v) is 8.27. The van der Waals surface area contributed by atoms with Crippen LogP contribution in [0.5, 0.6) is 11.5 Å². The van der Waals surface area contributed by atoms with Crippen molar-refractivity contribution < 1.29 is 36.6 Å². The Morgan fingerprint density at radius 2 is 1.90 bits per heavy atom. The van der Waals surface area contributed by atoms with Crippen LogP contribution in [0.4, 0.5) is 11.4 Å². The molecular formula is C19H22N2O8S2. The number of nitrogens with zero attached hydrogens (tertiary/aromatic N) is 1. The van der Waals surface area contributed by atoms with Gasteiger partial charge in [0, 0.05) is 13.0 Å². The van der Waals surface area contributed by atoms with Crippen molar-refractivity contribution in [2.45, 2.75) is 24.0 Å². The summed E-state index contributed by atoms with van der Waals surface area (Å²) < 4.78 is 57.3. The van der Waals surface area contributed by atoms with Gasteiger partial charge in [-0.1, -0.05) is 6.07 Å². The van der Waals surface area contributed by atoms with Crippen molar-refractivity contribution in [2.24, 2.45) is 0 Å². The Bertz CT molecular complexity index is 1210. The van der Waals surface area contributed by atoms with E-state index in [1.165, 1.54) is 50.4 Å². The highest BCUT2D eigenvalue weighted by molar-refractivity contribution is 7.93. The van der Waals surface area contributed by atoms with Gasteiger partial charge in [-0.2, -0.15) is 0 Å². The number of sulfonamides is 1. The van der Waals surface area contributed by atoms with Crippen LogP contribution >= 0.6 is 0 Å². The average Bonchev–Trinajstić information content (AvgIpc) is 2.93. The van der Waals surface area contributed by atoms with E-state index < -0.39 is 49.4 Å². The molecule has 1 aliphatic rings. The van der Waals surface area contributed by atoms with Crippen molar-refractivity contribution in [1.29, 1.82) is 0 Å². The van der Waals surface area contributed by atoms with Crippen molar-refractivity contribution >= 4 is 37.1 Å². The van der Waals surface area contributed by atoms with Gasteiger partial charge in [0.1, 0.15) is 11.5 Å². The van der Waals surface area contributed by atoms with Crippen molar-refractivity contribution in [1.82, 2.24) is 0 Å². The highest BCUT2D eigenvalue weighted by Gasteiger charge is 2.45. The molecule has 0 spiro atoms. The number of aliphatic hydroxyl groups excluding tert-OH is 1. The van der Waals surface area contributed by atoms with Crippen LogP contribution in [-0.4, -0.2) is 63.7 Å². The standard InChI is InChI=1S/C19H22N2O8S2/c1-12(22)20-16-9-15(6-7-19(16)29-2)31(27,28)21(13-4-3-5-14(23)8-13)17-10-30(25,26)11-18(17)24/h3-9,17-18,23-24H,10-11H2,1-2H3,(H,20,22)/t17-,18+/m0/s1. The van der Waals surface area contributed by atoms with Crippen molar-refractivity contribution in [2.75, 3.05) is 28.2 Å². The van der Waals surface area contributed by atoms with Gasteiger partial charge in [0.15, 0.2) is 9.84 Å². The third-order valence-electron chi connectivity index (χ3n) is 4.72. The Labute approximate surface area is 180 Å². The van der Waals surface area contributed by atoms with Gasteiger partial charge in [0.25, 0.3) is 10.0 Å². The molecule has 0 bridgehead atoms. The molecule has 2 aromatic rings. The SMILES string of the molecule is COc1ccc(S(=O)(=O)N(c2cccc(O)c2)[C@H]2CS(=O)(=O)C[C@H]2O)cc1NC(C)=O. The van der Waals surface area contributed by atoms with E-state index in [4.69, 9.17) is 4.74 Å². The van der Waals surface area contributed by atoms with Gasteiger partial charge in [0.05, 0.1) is 47.0 Å². The summed E-state index contributed by atoms with van der Waals surface area (Å²) in [6.07, 6.45) is -1.46. The number of phenolic OH excluding ortho intramolecular Hbond substituents is 1. The number of anilines is 2. The zero-order valence-electron chi connectivity index (χ0n) is 16.7. The van der Waals surface area contributed by atoms with Crippen LogP contribution in [0.25, 0.3) is 0 Å². The van der Waals surface area contributed by atoms with Crippen LogP contribution < -0.4 is 14.4 Å². The lowest BCUT2D eigenvalue weighted by Crippen LogP contribution is -2.47. The van der Waals surface area contributed by atoms with E-state index >= 15 is 0 Å². The Kier molecular flexibility index (Phi) is 6.16. The number of sulfone groups is 1. The molecule has 168 valence electrons. The molecule has 12 heteroatoms. The molecule has 1 fully saturated rings. The summed E-state index contributed by atoms with van der Waals surface area (Å²) >= 11 is 0. The molecule has 2 aromatic carbocycles. The molecule has 0 saturated carbocycles. The number of rotatable bonds is 6. The van der Waals surface area contributed by atoms with Gasteiger partial charge in [-0.25, -0.2) is 16.8 Å². The van der Waals surface area contributed by atoms with E-state index in [2.05, 4.69) is 5.32 Å². The van der Waals surface area contributed by atoms with Gasteiger partial charge in [0.2, 0.25) is 5.91 Å². The maximum absolute atomic E-state index is 13.6. The maximum Gasteiger partial charge on any atom is 0.264 e. The summed E-state index contributed by atoms with van der Waals surface area (Å²) in [5.74, 6) is -1.63. The number of benzene rings is 2. The van der Waals surface area contributed by atoms with Crippen LogP contribution in [0.2, 0.25) is 0 Å². The monoisotopic (exact) mass is 470 g/mol. The zero-order chi connectivity index (χ0) is 23.0. The largest absolute Gasteiger partial charge is 0.508 e. The molecule has 1 aliphatic heterocycles. The number of methoxy groups -OCH3 is 1. The molecule has 1 saturated heterocycles. The van der Waals surface area contributed by atoms with Crippen molar-refractivity contribution in [3.05, 3.63) is 42.5 Å². The van der Waals surface area contributed by atoms with E-state index in [0.29, 0.717) is 0 Å².